The monoisotopic (exact) mass is 293 g/mol. The lowest BCUT2D eigenvalue weighted by molar-refractivity contribution is -0.140. The van der Waals surface area contributed by atoms with E-state index in [4.69, 9.17) is 9.84 Å². The molecule has 1 atom stereocenters. The van der Waals surface area contributed by atoms with Crippen LogP contribution in [0.1, 0.15) is 19.3 Å². The fourth-order valence-electron chi connectivity index (χ4n) is 2.10. The molecule has 1 aliphatic rings. The van der Waals surface area contributed by atoms with Gasteiger partial charge in [0.05, 0.1) is 24.0 Å². The lowest BCUT2D eigenvalue weighted by Crippen LogP contribution is -2.51. The molecule has 1 heterocycles. The number of rotatable bonds is 6. The molecule has 1 unspecified atom stereocenters. The Kier molecular flexibility index (Phi) is 5.74. The van der Waals surface area contributed by atoms with E-state index in [2.05, 4.69) is 0 Å². The molecule has 1 aliphatic heterocycles. The maximum Gasteiger partial charge on any atom is 0.305 e. The zero-order chi connectivity index (χ0) is 14.5. The lowest BCUT2D eigenvalue weighted by atomic mass is 10.1. The molecule has 1 fully saturated rings. The van der Waals surface area contributed by atoms with Crippen LogP contribution in [-0.4, -0.2) is 68.1 Å². The van der Waals surface area contributed by atoms with Crippen molar-refractivity contribution in [3.63, 3.8) is 0 Å². The van der Waals surface area contributed by atoms with Crippen molar-refractivity contribution in [1.82, 2.24) is 4.90 Å². The number of methoxy groups -OCH3 is 1. The first-order valence-corrected chi connectivity index (χ1v) is 7.88. The molecule has 0 aliphatic carbocycles. The Morgan fingerprint density at radius 1 is 1.42 bits per heavy atom. The maximum absolute atomic E-state index is 12.0. The van der Waals surface area contributed by atoms with Crippen molar-refractivity contribution < 1.29 is 27.9 Å². The molecule has 0 bridgehead atoms. The summed E-state index contributed by atoms with van der Waals surface area (Å²) < 4.78 is 27.9. The van der Waals surface area contributed by atoms with Gasteiger partial charge in [-0.2, -0.15) is 0 Å². The smallest absolute Gasteiger partial charge is 0.305 e. The normalized spacial score (nSPS) is 22.2. The number of carboxylic acids is 1. The fraction of sp³-hybridized carbons (Fsp3) is 0.818. The van der Waals surface area contributed by atoms with Gasteiger partial charge in [-0.3, -0.25) is 9.59 Å². The molecule has 1 rings (SSSR count). The summed E-state index contributed by atoms with van der Waals surface area (Å²) in [4.78, 5) is 24.1. The molecule has 1 N–H and O–H groups in total. The SMILES string of the molecule is COCCCC(=O)N1CCS(=O)(=O)CC1CC(=O)O. The molecule has 0 aromatic heterocycles. The lowest BCUT2D eigenvalue weighted by Gasteiger charge is -2.34. The topological polar surface area (TPSA) is 101 Å². The molecule has 0 aromatic carbocycles. The van der Waals surface area contributed by atoms with Crippen LogP contribution in [0.3, 0.4) is 0 Å². The summed E-state index contributed by atoms with van der Waals surface area (Å²) >= 11 is 0. The number of hydrogen-bond donors (Lipinski definition) is 1. The van der Waals surface area contributed by atoms with Crippen molar-refractivity contribution in [2.45, 2.75) is 25.3 Å². The summed E-state index contributed by atoms with van der Waals surface area (Å²) in [7, 11) is -1.72. The zero-order valence-corrected chi connectivity index (χ0v) is 11.7. The van der Waals surface area contributed by atoms with Crippen molar-refractivity contribution >= 4 is 21.7 Å². The first-order chi connectivity index (χ1) is 8.85. The Labute approximate surface area is 112 Å². The Bertz CT molecular complexity index is 432. The Balaban J connectivity index is 2.67. The largest absolute Gasteiger partial charge is 0.481 e. The number of sulfone groups is 1. The molecule has 1 amide bonds. The average molecular weight is 293 g/mol. The number of carboxylic acid groups (broad SMARTS) is 1. The molecule has 0 saturated carbocycles. The van der Waals surface area contributed by atoms with Gasteiger partial charge in [0.1, 0.15) is 0 Å². The average Bonchev–Trinajstić information content (AvgIpc) is 2.27. The van der Waals surface area contributed by atoms with Crippen LogP contribution in [0.2, 0.25) is 0 Å². The van der Waals surface area contributed by atoms with Crippen LogP contribution in [-0.2, 0) is 24.2 Å². The highest BCUT2D eigenvalue weighted by molar-refractivity contribution is 7.91. The van der Waals surface area contributed by atoms with E-state index < -0.39 is 21.8 Å². The van der Waals surface area contributed by atoms with Gasteiger partial charge in [0.15, 0.2) is 9.84 Å². The molecular formula is C11H19NO6S. The predicted octanol–water partition coefficient (Wildman–Crippen LogP) is -0.487. The van der Waals surface area contributed by atoms with E-state index in [1.54, 1.807) is 0 Å². The second-order valence-electron chi connectivity index (χ2n) is 4.55. The summed E-state index contributed by atoms with van der Waals surface area (Å²) in [6.45, 7) is 0.521. The van der Waals surface area contributed by atoms with Crippen LogP contribution in [0.25, 0.3) is 0 Å². The third-order valence-electron chi connectivity index (χ3n) is 3.00. The molecular weight excluding hydrogens is 274 g/mol. The van der Waals surface area contributed by atoms with Crippen molar-refractivity contribution in [2.75, 3.05) is 31.8 Å². The summed E-state index contributed by atoms with van der Waals surface area (Å²) in [6, 6.07) is -0.758. The van der Waals surface area contributed by atoms with Crippen molar-refractivity contribution in [3.8, 4) is 0 Å². The number of carbonyl (C=O) groups excluding carboxylic acids is 1. The van der Waals surface area contributed by atoms with Crippen molar-refractivity contribution in [1.29, 1.82) is 0 Å². The number of aliphatic carboxylic acids is 1. The van der Waals surface area contributed by atoms with Gasteiger partial charge in [-0.15, -0.1) is 0 Å². The summed E-state index contributed by atoms with van der Waals surface area (Å²) in [5, 5.41) is 8.80. The second kappa shape index (κ2) is 6.85. The quantitative estimate of drug-likeness (QED) is 0.663. The van der Waals surface area contributed by atoms with Gasteiger partial charge >= 0.3 is 5.97 Å². The van der Waals surface area contributed by atoms with Crippen LogP contribution in [0.4, 0.5) is 0 Å². The molecule has 8 heteroatoms. The highest BCUT2D eigenvalue weighted by Crippen LogP contribution is 2.16. The minimum Gasteiger partial charge on any atom is -0.481 e. The zero-order valence-electron chi connectivity index (χ0n) is 10.9. The van der Waals surface area contributed by atoms with Gasteiger partial charge in [0.2, 0.25) is 5.91 Å². The Morgan fingerprint density at radius 2 is 2.11 bits per heavy atom. The van der Waals surface area contributed by atoms with Crippen LogP contribution >= 0.6 is 0 Å². The van der Waals surface area contributed by atoms with E-state index in [0.29, 0.717) is 13.0 Å². The molecule has 110 valence electrons. The maximum atomic E-state index is 12.0. The molecule has 0 radical (unpaired) electrons. The molecule has 0 aromatic rings. The summed E-state index contributed by atoms with van der Waals surface area (Å²) in [5.74, 6) is -1.68. The number of ether oxygens (including phenoxy) is 1. The van der Waals surface area contributed by atoms with Crippen LogP contribution in [0.15, 0.2) is 0 Å². The molecule has 7 nitrogen and oxygen atoms in total. The van der Waals surface area contributed by atoms with E-state index in [-0.39, 0.29) is 36.8 Å². The van der Waals surface area contributed by atoms with E-state index in [9.17, 15) is 18.0 Å². The first-order valence-electron chi connectivity index (χ1n) is 6.06. The van der Waals surface area contributed by atoms with E-state index in [1.165, 1.54) is 12.0 Å². The third kappa shape index (κ3) is 5.15. The number of nitrogens with zero attached hydrogens (tertiary/aromatic N) is 1. The standard InChI is InChI=1S/C11H19NO6S/c1-18-5-2-3-10(13)12-4-6-19(16,17)8-9(12)7-11(14)15/h9H,2-8H2,1H3,(H,14,15). The van der Waals surface area contributed by atoms with Crippen LogP contribution in [0, 0.1) is 0 Å². The Morgan fingerprint density at radius 3 is 2.68 bits per heavy atom. The first kappa shape index (κ1) is 15.9. The summed E-state index contributed by atoms with van der Waals surface area (Å²) in [6.07, 6.45) is 0.442. The van der Waals surface area contributed by atoms with Crippen LogP contribution in [0.5, 0.6) is 0 Å². The second-order valence-corrected chi connectivity index (χ2v) is 6.78. The van der Waals surface area contributed by atoms with Crippen molar-refractivity contribution in [2.24, 2.45) is 0 Å². The minimum absolute atomic E-state index is 0.0755. The van der Waals surface area contributed by atoms with Gasteiger partial charge in [-0.05, 0) is 6.42 Å². The number of carbonyl (C=O) groups is 2. The number of hydrogen-bond acceptors (Lipinski definition) is 5. The van der Waals surface area contributed by atoms with E-state index in [1.807, 2.05) is 0 Å². The van der Waals surface area contributed by atoms with Gasteiger partial charge in [-0.25, -0.2) is 8.42 Å². The minimum atomic E-state index is -3.25. The summed E-state index contributed by atoms with van der Waals surface area (Å²) in [5.41, 5.74) is 0. The number of amides is 1. The van der Waals surface area contributed by atoms with Gasteiger partial charge in [0, 0.05) is 26.7 Å². The van der Waals surface area contributed by atoms with Gasteiger partial charge < -0.3 is 14.7 Å². The molecule has 0 spiro atoms. The molecule has 19 heavy (non-hydrogen) atoms. The molecule has 1 saturated heterocycles. The van der Waals surface area contributed by atoms with Crippen molar-refractivity contribution in [3.05, 3.63) is 0 Å². The highest BCUT2D eigenvalue weighted by atomic mass is 32.2. The highest BCUT2D eigenvalue weighted by Gasteiger charge is 2.34. The predicted molar refractivity (Wildman–Crippen MR) is 67.5 cm³/mol. The van der Waals surface area contributed by atoms with Gasteiger partial charge in [0.25, 0.3) is 0 Å². The fourth-order valence-corrected chi connectivity index (χ4v) is 3.62. The van der Waals surface area contributed by atoms with Gasteiger partial charge in [-0.1, -0.05) is 0 Å². The Hall–Kier alpha value is -1.15. The van der Waals surface area contributed by atoms with E-state index >= 15 is 0 Å². The third-order valence-corrected chi connectivity index (χ3v) is 4.70. The van der Waals surface area contributed by atoms with E-state index in [0.717, 1.165) is 0 Å². The van der Waals surface area contributed by atoms with Crippen LogP contribution < -0.4 is 0 Å².